The van der Waals surface area contributed by atoms with Gasteiger partial charge in [-0.15, -0.1) is 11.3 Å². The molecule has 2 aromatic heterocycles. The molecule has 0 atom stereocenters. The number of hydrogen-bond donors (Lipinski definition) is 1. The quantitative estimate of drug-likeness (QED) is 0.589. The van der Waals surface area contributed by atoms with Crippen LogP contribution in [0.3, 0.4) is 0 Å². The number of nitrogens with one attached hydrogen (secondary N) is 1. The number of anilines is 1. The van der Waals surface area contributed by atoms with Gasteiger partial charge in [0.1, 0.15) is 12.4 Å². The Bertz CT molecular complexity index is 754. The van der Waals surface area contributed by atoms with E-state index in [2.05, 4.69) is 42.6 Å². The zero-order valence-electron chi connectivity index (χ0n) is 16.5. The second kappa shape index (κ2) is 10.1. The van der Waals surface area contributed by atoms with Crippen LogP contribution < -0.4 is 10.2 Å². The largest absolute Gasteiger partial charge is 0.356 e. The van der Waals surface area contributed by atoms with Crippen LogP contribution in [0.1, 0.15) is 4.88 Å². The van der Waals surface area contributed by atoms with E-state index < -0.39 is 0 Å². The molecule has 1 amide bonds. The number of thiophene rings is 1. The third-order valence-corrected chi connectivity index (χ3v) is 5.59. The number of carbonyl (C=O) groups excluding carboxylic acids is 1. The first-order valence-electron chi connectivity index (χ1n) is 9.55. The molecule has 0 bridgehead atoms. The zero-order valence-corrected chi connectivity index (χ0v) is 17.4. The molecule has 0 radical (unpaired) electrons. The fourth-order valence-corrected chi connectivity index (χ4v) is 3.70. The van der Waals surface area contributed by atoms with Crippen LogP contribution in [0.5, 0.6) is 0 Å². The van der Waals surface area contributed by atoms with Crippen LogP contribution in [0.15, 0.2) is 46.9 Å². The summed E-state index contributed by atoms with van der Waals surface area (Å²) in [4.78, 5) is 28.5. The highest BCUT2D eigenvalue weighted by Gasteiger charge is 2.21. The van der Waals surface area contributed by atoms with Gasteiger partial charge >= 0.3 is 0 Å². The van der Waals surface area contributed by atoms with Crippen LogP contribution in [0.2, 0.25) is 0 Å². The number of aliphatic imine (C=N–C) groups is 1. The molecule has 150 valence electrons. The highest BCUT2D eigenvalue weighted by molar-refractivity contribution is 7.09. The maximum Gasteiger partial charge on any atom is 0.243 e. The van der Waals surface area contributed by atoms with Crippen LogP contribution in [0, 0.1) is 0 Å². The Morgan fingerprint density at radius 3 is 2.68 bits per heavy atom. The zero-order chi connectivity index (χ0) is 19.8. The third-order valence-electron chi connectivity index (χ3n) is 4.65. The second-order valence-electron chi connectivity index (χ2n) is 6.85. The monoisotopic (exact) mass is 400 g/mol. The Balaban J connectivity index is 1.59. The number of nitrogens with zero attached hydrogens (tertiary/aromatic N) is 5. The summed E-state index contributed by atoms with van der Waals surface area (Å²) < 4.78 is 0. The average Bonchev–Trinajstić information content (AvgIpc) is 3.24. The lowest BCUT2D eigenvalue weighted by molar-refractivity contribution is -0.127. The van der Waals surface area contributed by atoms with E-state index in [1.54, 1.807) is 30.3 Å². The number of guanidine groups is 1. The molecule has 1 aliphatic rings. The summed E-state index contributed by atoms with van der Waals surface area (Å²) in [6.45, 7) is 4.41. The smallest absolute Gasteiger partial charge is 0.243 e. The van der Waals surface area contributed by atoms with Crippen molar-refractivity contribution in [1.82, 2.24) is 20.1 Å². The van der Waals surface area contributed by atoms with Gasteiger partial charge in [-0.1, -0.05) is 12.1 Å². The number of carbonyl (C=O) groups is 1. The normalized spacial score (nSPS) is 14.9. The third kappa shape index (κ3) is 5.69. The molecule has 0 saturated carbocycles. The molecule has 1 fully saturated rings. The molecule has 3 rings (SSSR count). The molecule has 2 aromatic rings. The van der Waals surface area contributed by atoms with Gasteiger partial charge in [0, 0.05) is 57.9 Å². The van der Waals surface area contributed by atoms with E-state index >= 15 is 0 Å². The van der Waals surface area contributed by atoms with Crippen molar-refractivity contribution in [3.05, 3.63) is 46.8 Å². The summed E-state index contributed by atoms with van der Waals surface area (Å²) in [6, 6.07) is 10.2. The van der Waals surface area contributed by atoms with Crippen molar-refractivity contribution < 1.29 is 4.79 Å². The Morgan fingerprint density at radius 1 is 1.21 bits per heavy atom. The maximum absolute atomic E-state index is 12.0. The minimum atomic E-state index is 0.00433. The SMILES string of the molecule is CN(C)C(=O)CN=C(NCCc1cccs1)N1CCN(c2ccccn2)CC1. The summed E-state index contributed by atoms with van der Waals surface area (Å²) in [6.07, 6.45) is 2.78. The molecule has 1 N–H and O–H groups in total. The predicted molar refractivity (Wildman–Crippen MR) is 115 cm³/mol. The number of piperazine rings is 1. The minimum Gasteiger partial charge on any atom is -0.356 e. The van der Waals surface area contributed by atoms with Gasteiger partial charge in [-0.25, -0.2) is 9.98 Å². The Morgan fingerprint density at radius 2 is 2.04 bits per heavy atom. The lowest BCUT2D eigenvalue weighted by Crippen LogP contribution is -2.53. The van der Waals surface area contributed by atoms with Gasteiger partial charge in [0.15, 0.2) is 5.96 Å². The minimum absolute atomic E-state index is 0.00433. The van der Waals surface area contributed by atoms with E-state index in [1.165, 1.54) is 4.88 Å². The van der Waals surface area contributed by atoms with Crippen molar-refractivity contribution in [2.45, 2.75) is 6.42 Å². The molecule has 0 spiro atoms. The molecule has 0 aliphatic carbocycles. The van der Waals surface area contributed by atoms with Crippen LogP contribution in [0.4, 0.5) is 5.82 Å². The summed E-state index contributed by atoms with van der Waals surface area (Å²) in [5.74, 6) is 1.83. The molecular weight excluding hydrogens is 372 g/mol. The molecule has 0 unspecified atom stereocenters. The second-order valence-corrected chi connectivity index (χ2v) is 7.88. The number of hydrogen-bond acceptors (Lipinski definition) is 5. The number of amides is 1. The van der Waals surface area contributed by atoms with Gasteiger partial charge in [-0.3, -0.25) is 4.79 Å². The number of aromatic nitrogens is 1. The van der Waals surface area contributed by atoms with Gasteiger partial charge in [-0.05, 0) is 30.0 Å². The number of pyridine rings is 1. The van der Waals surface area contributed by atoms with Crippen molar-refractivity contribution in [3.63, 3.8) is 0 Å². The molecule has 7 nitrogen and oxygen atoms in total. The lowest BCUT2D eigenvalue weighted by atomic mass is 10.3. The Kier molecular flexibility index (Phi) is 7.25. The lowest BCUT2D eigenvalue weighted by Gasteiger charge is -2.37. The predicted octanol–water partition coefficient (Wildman–Crippen LogP) is 1.54. The number of rotatable bonds is 6. The first-order valence-corrected chi connectivity index (χ1v) is 10.4. The fraction of sp³-hybridized carbons (Fsp3) is 0.450. The van der Waals surface area contributed by atoms with Gasteiger partial charge in [0.05, 0.1) is 0 Å². The van der Waals surface area contributed by atoms with E-state index in [0.29, 0.717) is 0 Å². The van der Waals surface area contributed by atoms with Crippen molar-refractivity contribution in [3.8, 4) is 0 Å². The summed E-state index contributed by atoms with van der Waals surface area (Å²) in [5, 5.41) is 5.55. The van der Waals surface area contributed by atoms with Crippen molar-refractivity contribution >= 4 is 29.0 Å². The first kappa shape index (κ1) is 20.1. The fourth-order valence-electron chi connectivity index (χ4n) is 2.99. The van der Waals surface area contributed by atoms with Crippen LogP contribution in [-0.2, 0) is 11.2 Å². The molecule has 28 heavy (non-hydrogen) atoms. The van der Waals surface area contributed by atoms with Gasteiger partial charge in [-0.2, -0.15) is 0 Å². The Hall–Kier alpha value is -2.61. The average molecular weight is 401 g/mol. The van der Waals surface area contributed by atoms with E-state index in [1.807, 2.05) is 24.4 Å². The van der Waals surface area contributed by atoms with Crippen LogP contribution in [0.25, 0.3) is 0 Å². The summed E-state index contributed by atoms with van der Waals surface area (Å²) >= 11 is 1.76. The maximum atomic E-state index is 12.0. The van der Waals surface area contributed by atoms with Gasteiger partial charge < -0.3 is 20.0 Å². The molecule has 3 heterocycles. The highest BCUT2D eigenvalue weighted by Crippen LogP contribution is 2.13. The van der Waals surface area contributed by atoms with Crippen LogP contribution in [-0.4, -0.2) is 80.0 Å². The highest BCUT2D eigenvalue weighted by atomic mass is 32.1. The van der Waals surface area contributed by atoms with Crippen molar-refractivity contribution in [2.24, 2.45) is 4.99 Å². The van der Waals surface area contributed by atoms with Crippen molar-refractivity contribution in [2.75, 3.05) is 58.3 Å². The van der Waals surface area contributed by atoms with E-state index in [4.69, 9.17) is 0 Å². The Labute approximate surface area is 170 Å². The summed E-state index contributed by atoms with van der Waals surface area (Å²) in [7, 11) is 3.51. The van der Waals surface area contributed by atoms with Gasteiger partial charge in [0.25, 0.3) is 0 Å². The van der Waals surface area contributed by atoms with E-state index in [9.17, 15) is 4.79 Å². The van der Waals surface area contributed by atoms with E-state index in [0.717, 1.165) is 50.9 Å². The number of likely N-dealkylation sites (N-methyl/N-ethyl adjacent to an activating group) is 1. The van der Waals surface area contributed by atoms with Crippen molar-refractivity contribution in [1.29, 1.82) is 0 Å². The van der Waals surface area contributed by atoms with Crippen LogP contribution >= 0.6 is 11.3 Å². The topological polar surface area (TPSA) is 64.1 Å². The molecule has 1 aliphatic heterocycles. The molecular formula is C20H28N6OS. The summed E-state index contributed by atoms with van der Waals surface area (Å²) in [5.41, 5.74) is 0. The molecule has 8 heteroatoms. The van der Waals surface area contributed by atoms with Gasteiger partial charge in [0.2, 0.25) is 5.91 Å². The molecule has 1 saturated heterocycles. The first-order chi connectivity index (χ1) is 13.6. The standard InChI is InChI=1S/C20H28N6OS/c1-24(2)19(27)16-23-20(22-10-8-17-6-5-15-28-17)26-13-11-25(12-14-26)18-7-3-4-9-21-18/h3-7,9,15H,8,10-14,16H2,1-2H3,(H,22,23). The van der Waals surface area contributed by atoms with E-state index in [-0.39, 0.29) is 12.5 Å². The molecule has 0 aromatic carbocycles.